The molecule has 0 saturated carbocycles. The first kappa shape index (κ1) is 8.52. The maximum atomic E-state index is 12.5. The van der Waals surface area contributed by atoms with Crippen LogP contribution in [-0.2, 0) is 0 Å². The molecule has 66 valence electrons. The molecule has 0 bridgehead atoms. The Labute approximate surface area is 81.5 Å². The zero-order chi connectivity index (χ0) is 9.26. The molecule has 1 heterocycles. The SMILES string of the molecule is O=c1snc(-c2ccc(F)cc2)s1. The van der Waals surface area contributed by atoms with Gasteiger partial charge in [0.2, 0.25) is 0 Å². The first-order valence-electron chi connectivity index (χ1n) is 3.48. The summed E-state index contributed by atoms with van der Waals surface area (Å²) in [6.07, 6.45) is 0. The molecule has 5 heteroatoms. The second-order valence-electron chi connectivity index (χ2n) is 2.35. The van der Waals surface area contributed by atoms with Gasteiger partial charge in [0.25, 0.3) is 0 Å². The average molecular weight is 213 g/mol. The summed E-state index contributed by atoms with van der Waals surface area (Å²) in [5, 5.41) is 0.648. The van der Waals surface area contributed by atoms with Gasteiger partial charge in [-0.05, 0) is 24.3 Å². The molecule has 1 aromatic heterocycles. The van der Waals surface area contributed by atoms with E-state index in [2.05, 4.69) is 4.37 Å². The second-order valence-corrected chi connectivity index (χ2v) is 4.30. The van der Waals surface area contributed by atoms with Gasteiger partial charge in [-0.3, -0.25) is 4.79 Å². The summed E-state index contributed by atoms with van der Waals surface area (Å²) in [7, 11) is 0. The van der Waals surface area contributed by atoms with Gasteiger partial charge in [-0.1, -0.05) is 11.3 Å². The molecule has 13 heavy (non-hydrogen) atoms. The van der Waals surface area contributed by atoms with E-state index >= 15 is 0 Å². The van der Waals surface area contributed by atoms with Gasteiger partial charge in [0.1, 0.15) is 10.8 Å². The van der Waals surface area contributed by atoms with Gasteiger partial charge >= 0.3 is 4.06 Å². The van der Waals surface area contributed by atoms with E-state index in [1.807, 2.05) is 0 Å². The van der Waals surface area contributed by atoms with Crippen molar-refractivity contribution in [3.05, 3.63) is 38.9 Å². The third kappa shape index (κ3) is 1.81. The largest absolute Gasteiger partial charge is 0.306 e. The summed E-state index contributed by atoms with van der Waals surface area (Å²) in [5.74, 6) is -0.286. The Morgan fingerprint density at radius 1 is 1.23 bits per heavy atom. The molecule has 0 amide bonds. The minimum absolute atomic E-state index is 0.0423. The van der Waals surface area contributed by atoms with Gasteiger partial charge in [0, 0.05) is 17.1 Å². The summed E-state index contributed by atoms with van der Waals surface area (Å²) in [5.41, 5.74) is 0.782. The first-order chi connectivity index (χ1) is 6.25. The van der Waals surface area contributed by atoms with Crippen molar-refractivity contribution in [2.45, 2.75) is 0 Å². The van der Waals surface area contributed by atoms with E-state index in [4.69, 9.17) is 0 Å². The maximum Gasteiger partial charge on any atom is 0.306 e. The van der Waals surface area contributed by atoms with Crippen molar-refractivity contribution in [1.82, 2.24) is 4.37 Å². The van der Waals surface area contributed by atoms with Gasteiger partial charge in [-0.2, -0.15) is 4.37 Å². The molecule has 0 aliphatic carbocycles. The van der Waals surface area contributed by atoms with E-state index in [0.29, 0.717) is 5.01 Å². The minimum Gasteiger partial charge on any atom is -0.264 e. The fourth-order valence-electron chi connectivity index (χ4n) is 0.899. The highest BCUT2D eigenvalue weighted by molar-refractivity contribution is 7.25. The lowest BCUT2D eigenvalue weighted by Crippen LogP contribution is -1.77. The van der Waals surface area contributed by atoms with Crippen LogP contribution >= 0.6 is 22.9 Å². The first-order valence-corrected chi connectivity index (χ1v) is 5.07. The molecule has 2 aromatic rings. The van der Waals surface area contributed by atoms with E-state index in [9.17, 15) is 9.18 Å². The van der Waals surface area contributed by atoms with Crippen molar-refractivity contribution in [3.63, 3.8) is 0 Å². The van der Waals surface area contributed by atoms with E-state index in [1.165, 1.54) is 12.1 Å². The molecule has 0 fully saturated rings. The number of hydrogen-bond donors (Lipinski definition) is 0. The molecule has 2 nitrogen and oxygen atoms in total. The molecule has 0 saturated heterocycles. The summed E-state index contributed by atoms with van der Waals surface area (Å²) < 4.78 is 16.4. The van der Waals surface area contributed by atoms with Crippen molar-refractivity contribution >= 4 is 22.9 Å². The van der Waals surface area contributed by atoms with Crippen molar-refractivity contribution in [2.24, 2.45) is 0 Å². The summed E-state index contributed by atoms with van der Waals surface area (Å²) in [4.78, 5) is 10.8. The molecule has 0 aliphatic heterocycles. The topological polar surface area (TPSA) is 30.0 Å². The van der Waals surface area contributed by atoms with Crippen LogP contribution in [-0.4, -0.2) is 4.37 Å². The van der Waals surface area contributed by atoms with Gasteiger partial charge < -0.3 is 0 Å². The van der Waals surface area contributed by atoms with Crippen molar-refractivity contribution in [2.75, 3.05) is 0 Å². The highest BCUT2D eigenvalue weighted by Gasteiger charge is 2.02. The molecule has 0 aliphatic rings. The predicted molar refractivity (Wildman–Crippen MR) is 51.7 cm³/mol. The summed E-state index contributed by atoms with van der Waals surface area (Å²) in [6, 6.07) is 5.93. The highest BCUT2D eigenvalue weighted by atomic mass is 32.2. The highest BCUT2D eigenvalue weighted by Crippen LogP contribution is 2.20. The van der Waals surface area contributed by atoms with Gasteiger partial charge in [-0.15, -0.1) is 0 Å². The van der Waals surface area contributed by atoms with Crippen molar-refractivity contribution in [1.29, 1.82) is 0 Å². The van der Waals surface area contributed by atoms with Crippen LogP contribution in [0.15, 0.2) is 29.1 Å². The van der Waals surface area contributed by atoms with Gasteiger partial charge in [0.05, 0.1) is 0 Å². The molecule has 0 atom stereocenters. The molecule has 0 spiro atoms. The van der Waals surface area contributed by atoms with Crippen LogP contribution in [0, 0.1) is 5.82 Å². The maximum absolute atomic E-state index is 12.5. The normalized spacial score (nSPS) is 10.2. The van der Waals surface area contributed by atoms with E-state index in [-0.39, 0.29) is 9.87 Å². The summed E-state index contributed by atoms with van der Waals surface area (Å²) in [6.45, 7) is 0. The molecule has 0 unspecified atom stereocenters. The lowest BCUT2D eigenvalue weighted by molar-refractivity contribution is 0.628. The molecule has 2 rings (SSSR count). The van der Waals surface area contributed by atoms with Crippen LogP contribution in [0.1, 0.15) is 0 Å². The third-order valence-corrected chi connectivity index (χ3v) is 3.17. The number of hydrogen-bond acceptors (Lipinski definition) is 4. The third-order valence-electron chi connectivity index (χ3n) is 1.47. The quantitative estimate of drug-likeness (QED) is 0.728. The molecule has 0 radical (unpaired) electrons. The fourth-order valence-corrected chi connectivity index (χ4v) is 2.33. The van der Waals surface area contributed by atoms with Crippen LogP contribution in [0.5, 0.6) is 0 Å². The molecule has 0 N–H and O–H groups in total. The minimum atomic E-state index is -0.286. The van der Waals surface area contributed by atoms with Crippen molar-refractivity contribution in [3.8, 4) is 10.6 Å². The Morgan fingerprint density at radius 2 is 1.92 bits per heavy atom. The van der Waals surface area contributed by atoms with Gasteiger partial charge in [-0.25, -0.2) is 4.39 Å². The van der Waals surface area contributed by atoms with E-state index < -0.39 is 0 Å². The Kier molecular flexibility index (Phi) is 2.20. The Hall–Kier alpha value is -1.07. The zero-order valence-electron chi connectivity index (χ0n) is 6.36. The fraction of sp³-hybridized carbons (Fsp3) is 0. The Morgan fingerprint density at radius 3 is 2.46 bits per heavy atom. The van der Waals surface area contributed by atoms with Crippen LogP contribution in [0.25, 0.3) is 10.6 Å². The monoisotopic (exact) mass is 213 g/mol. The Bertz CT molecular complexity index is 459. The number of rotatable bonds is 1. The lowest BCUT2D eigenvalue weighted by Gasteiger charge is -1.92. The van der Waals surface area contributed by atoms with E-state index in [1.54, 1.807) is 12.1 Å². The Balaban J connectivity index is 2.47. The number of nitrogens with zero attached hydrogens (tertiary/aromatic N) is 1. The summed E-state index contributed by atoms with van der Waals surface area (Å²) >= 11 is 2.00. The average Bonchev–Trinajstić information content (AvgIpc) is 2.53. The van der Waals surface area contributed by atoms with Crippen LogP contribution in [0.4, 0.5) is 4.39 Å². The number of aromatic nitrogens is 1. The lowest BCUT2D eigenvalue weighted by atomic mass is 10.2. The molecule has 1 aromatic carbocycles. The van der Waals surface area contributed by atoms with Crippen LogP contribution < -0.4 is 4.06 Å². The van der Waals surface area contributed by atoms with Crippen LogP contribution in [0.2, 0.25) is 0 Å². The van der Waals surface area contributed by atoms with Crippen LogP contribution in [0.3, 0.4) is 0 Å². The number of benzene rings is 1. The standard InChI is InChI=1S/C8H4FNOS2/c9-6-3-1-5(2-4-6)7-10-13-8(11)12-7/h1-4H. The van der Waals surface area contributed by atoms with E-state index in [0.717, 1.165) is 28.4 Å². The molecular formula is C8H4FNOS2. The van der Waals surface area contributed by atoms with Crippen molar-refractivity contribution < 1.29 is 4.39 Å². The smallest absolute Gasteiger partial charge is 0.264 e. The van der Waals surface area contributed by atoms with Gasteiger partial charge in [0.15, 0.2) is 0 Å². The zero-order valence-corrected chi connectivity index (χ0v) is 7.99. The molecular weight excluding hydrogens is 209 g/mol. The number of halogens is 1. The second kappa shape index (κ2) is 3.35. The predicted octanol–water partition coefficient (Wildman–Crippen LogP) is 2.37.